The lowest BCUT2D eigenvalue weighted by Crippen LogP contribution is -1.85. The van der Waals surface area contributed by atoms with Crippen LogP contribution in [-0.2, 0) is 0 Å². The molecule has 3 nitrogen and oxygen atoms in total. The first-order chi connectivity index (χ1) is 7.38. The SMILES string of the molecule is COc1cccc(Sc2ncccn2)c1. The van der Waals surface area contributed by atoms with E-state index in [1.807, 2.05) is 24.3 Å². The molecule has 1 heterocycles. The Bertz CT molecular complexity index is 434. The van der Waals surface area contributed by atoms with E-state index in [4.69, 9.17) is 4.74 Å². The highest BCUT2D eigenvalue weighted by Gasteiger charge is 2.00. The summed E-state index contributed by atoms with van der Waals surface area (Å²) in [6.45, 7) is 0. The van der Waals surface area contributed by atoms with Crippen LogP contribution in [0.3, 0.4) is 0 Å². The van der Waals surface area contributed by atoms with Crippen molar-refractivity contribution >= 4 is 11.8 Å². The minimum atomic E-state index is 0.741. The molecule has 15 heavy (non-hydrogen) atoms. The van der Waals surface area contributed by atoms with Gasteiger partial charge in [-0.25, -0.2) is 9.97 Å². The maximum atomic E-state index is 5.14. The summed E-state index contributed by atoms with van der Waals surface area (Å²) in [6.07, 6.45) is 3.46. The van der Waals surface area contributed by atoms with Crippen LogP contribution in [0, 0.1) is 0 Å². The lowest BCUT2D eigenvalue weighted by Gasteiger charge is -2.02. The van der Waals surface area contributed by atoms with Crippen molar-refractivity contribution in [3.63, 3.8) is 0 Å². The van der Waals surface area contributed by atoms with Crippen molar-refractivity contribution < 1.29 is 4.74 Å². The molecule has 0 saturated carbocycles. The average Bonchev–Trinajstić information content (AvgIpc) is 2.31. The summed E-state index contributed by atoms with van der Waals surface area (Å²) >= 11 is 1.51. The third-order valence-corrected chi connectivity index (χ3v) is 2.68. The third kappa shape index (κ3) is 2.70. The minimum Gasteiger partial charge on any atom is -0.497 e. The van der Waals surface area contributed by atoms with Crippen molar-refractivity contribution in [2.75, 3.05) is 7.11 Å². The maximum Gasteiger partial charge on any atom is 0.192 e. The lowest BCUT2D eigenvalue weighted by atomic mass is 10.3. The van der Waals surface area contributed by atoms with Crippen molar-refractivity contribution in [1.82, 2.24) is 9.97 Å². The second kappa shape index (κ2) is 4.79. The number of hydrogen-bond donors (Lipinski definition) is 0. The topological polar surface area (TPSA) is 35.0 Å². The maximum absolute atomic E-state index is 5.14. The van der Waals surface area contributed by atoms with E-state index < -0.39 is 0 Å². The van der Waals surface area contributed by atoms with Crippen LogP contribution < -0.4 is 4.74 Å². The van der Waals surface area contributed by atoms with Crippen LogP contribution in [0.4, 0.5) is 0 Å². The Balaban J connectivity index is 2.17. The van der Waals surface area contributed by atoms with E-state index >= 15 is 0 Å². The zero-order valence-electron chi connectivity index (χ0n) is 8.25. The molecule has 0 aliphatic rings. The van der Waals surface area contributed by atoms with Gasteiger partial charge < -0.3 is 4.74 Å². The Labute approximate surface area is 92.5 Å². The molecule has 0 aliphatic heterocycles. The van der Waals surface area contributed by atoms with Crippen LogP contribution in [0.25, 0.3) is 0 Å². The summed E-state index contributed by atoms with van der Waals surface area (Å²) in [4.78, 5) is 9.35. The summed E-state index contributed by atoms with van der Waals surface area (Å²) in [6, 6.07) is 9.63. The Morgan fingerprint density at radius 3 is 2.67 bits per heavy atom. The molecule has 0 bridgehead atoms. The Kier molecular flexibility index (Phi) is 3.19. The number of benzene rings is 1. The standard InChI is InChI=1S/C11H10N2OS/c1-14-9-4-2-5-10(8-9)15-11-12-6-3-7-13-11/h2-8H,1H3. The van der Waals surface area contributed by atoms with E-state index in [-0.39, 0.29) is 0 Å². The summed E-state index contributed by atoms with van der Waals surface area (Å²) in [7, 11) is 1.66. The predicted octanol–water partition coefficient (Wildman–Crippen LogP) is 2.64. The van der Waals surface area contributed by atoms with Gasteiger partial charge in [0.1, 0.15) is 5.75 Å². The number of hydrogen-bond acceptors (Lipinski definition) is 4. The Morgan fingerprint density at radius 1 is 1.13 bits per heavy atom. The summed E-state index contributed by atoms with van der Waals surface area (Å²) in [5, 5.41) is 0.741. The first-order valence-corrected chi connectivity index (χ1v) is 5.29. The van der Waals surface area contributed by atoms with E-state index in [9.17, 15) is 0 Å². The van der Waals surface area contributed by atoms with Gasteiger partial charge in [0.15, 0.2) is 5.16 Å². The second-order valence-electron chi connectivity index (χ2n) is 2.81. The van der Waals surface area contributed by atoms with Crippen molar-refractivity contribution in [3.05, 3.63) is 42.7 Å². The van der Waals surface area contributed by atoms with E-state index in [0.717, 1.165) is 15.8 Å². The van der Waals surface area contributed by atoms with Gasteiger partial charge in [-0.15, -0.1) is 0 Å². The van der Waals surface area contributed by atoms with E-state index in [1.54, 1.807) is 25.6 Å². The molecule has 0 N–H and O–H groups in total. The molecule has 0 fully saturated rings. The molecule has 0 atom stereocenters. The largest absolute Gasteiger partial charge is 0.497 e. The van der Waals surface area contributed by atoms with Crippen molar-refractivity contribution in [2.45, 2.75) is 10.1 Å². The molecule has 1 aromatic carbocycles. The zero-order chi connectivity index (χ0) is 10.5. The van der Waals surface area contributed by atoms with Gasteiger partial charge in [0.05, 0.1) is 7.11 Å². The average molecular weight is 218 g/mol. The monoisotopic (exact) mass is 218 g/mol. The van der Waals surface area contributed by atoms with E-state index in [0.29, 0.717) is 0 Å². The molecule has 2 aromatic rings. The minimum absolute atomic E-state index is 0.741. The van der Waals surface area contributed by atoms with Gasteiger partial charge in [-0.05, 0) is 36.0 Å². The van der Waals surface area contributed by atoms with Crippen molar-refractivity contribution in [3.8, 4) is 5.75 Å². The Hall–Kier alpha value is -1.55. The molecule has 0 spiro atoms. The molecule has 0 saturated heterocycles. The molecular formula is C11H10N2OS. The van der Waals surface area contributed by atoms with Crippen LogP contribution in [0.1, 0.15) is 0 Å². The highest BCUT2D eigenvalue weighted by molar-refractivity contribution is 7.99. The zero-order valence-corrected chi connectivity index (χ0v) is 9.07. The highest BCUT2D eigenvalue weighted by Crippen LogP contribution is 2.26. The molecule has 0 amide bonds. The fraction of sp³-hybridized carbons (Fsp3) is 0.0909. The van der Waals surface area contributed by atoms with Crippen LogP contribution >= 0.6 is 11.8 Å². The molecular weight excluding hydrogens is 208 g/mol. The van der Waals surface area contributed by atoms with Crippen molar-refractivity contribution in [1.29, 1.82) is 0 Å². The van der Waals surface area contributed by atoms with E-state index in [1.165, 1.54) is 11.8 Å². The predicted molar refractivity (Wildman–Crippen MR) is 59.1 cm³/mol. The smallest absolute Gasteiger partial charge is 0.192 e. The molecule has 0 aliphatic carbocycles. The number of rotatable bonds is 3. The van der Waals surface area contributed by atoms with Gasteiger partial charge in [0, 0.05) is 17.3 Å². The van der Waals surface area contributed by atoms with E-state index in [2.05, 4.69) is 9.97 Å². The van der Waals surface area contributed by atoms with Gasteiger partial charge in [0.25, 0.3) is 0 Å². The Morgan fingerprint density at radius 2 is 1.93 bits per heavy atom. The number of ether oxygens (including phenoxy) is 1. The summed E-state index contributed by atoms with van der Waals surface area (Å²) < 4.78 is 5.14. The molecule has 1 aromatic heterocycles. The van der Waals surface area contributed by atoms with Crippen molar-refractivity contribution in [2.24, 2.45) is 0 Å². The van der Waals surface area contributed by atoms with Gasteiger partial charge in [-0.1, -0.05) is 6.07 Å². The van der Waals surface area contributed by atoms with Crippen LogP contribution in [0.15, 0.2) is 52.8 Å². The molecule has 0 unspecified atom stereocenters. The van der Waals surface area contributed by atoms with Gasteiger partial charge in [-0.2, -0.15) is 0 Å². The fourth-order valence-corrected chi connectivity index (χ4v) is 1.87. The molecule has 76 valence electrons. The first-order valence-electron chi connectivity index (χ1n) is 4.47. The van der Waals surface area contributed by atoms with Crippen LogP contribution in [-0.4, -0.2) is 17.1 Å². The molecule has 2 rings (SSSR count). The second-order valence-corrected chi connectivity index (χ2v) is 3.85. The van der Waals surface area contributed by atoms with Gasteiger partial charge in [-0.3, -0.25) is 0 Å². The highest BCUT2D eigenvalue weighted by atomic mass is 32.2. The summed E-state index contributed by atoms with van der Waals surface area (Å²) in [5.41, 5.74) is 0. The first kappa shape index (κ1) is 9.98. The number of aromatic nitrogens is 2. The van der Waals surface area contributed by atoms with Gasteiger partial charge >= 0.3 is 0 Å². The third-order valence-electron chi connectivity index (χ3n) is 1.79. The molecule has 0 radical (unpaired) electrons. The number of nitrogens with zero attached hydrogens (tertiary/aromatic N) is 2. The molecule has 4 heteroatoms. The normalized spacial score (nSPS) is 9.93. The quantitative estimate of drug-likeness (QED) is 0.742. The number of methoxy groups -OCH3 is 1. The van der Waals surface area contributed by atoms with Crippen LogP contribution in [0.5, 0.6) is 5.75 Å². The fourth-order valence-electron chi connectivity index (χ4n) is 1.11. The van der Waals surface area contributed by atoms with Crippen LogP contribution in [0.2, 0.25) is 0 Å². The summed E-state index contributed by atoms with van der Waals surface area (Å²) in [5.74, 6) is 0.843. The van der Waals surface area contributed by atoms with Gasteiger partial charge in [0.2, 0.25) is 0 Å². The lowest BCUT2D eigenvalue weighted by molar-refractivity contribution is 0.413.